The highest BCUT2D eigenvalue weighted by Crippen LogP contribution is 2.20. The molecule has 0 saturated heterocycles. The van der Waals surface area contributed by atoms with Gasteiger partial charge in [-0.3, -0.25) is 4.79 Å². The molecule has 1 atom stereocenters. The largest absolute Gasteiger partial charge is 0.484 e. The molecule has 0 saturated carbocycles. The van der Waals surface area contributed by atoms with Crippen LogP contribution in [-0.4, -0.2) is 38.7 Å². The number of ether oxygens (including phenoxy) is 3. The molecule has 0 aliphatic rings. The van der Waals surface area contributed by atoms with Gasteiger partial charge in [0.1, 0.15) is 5.75 Å². The Labute approximate surface area is 167 Å². The zero-order valence-corrected chi connectivity index (χ0v) is 16.4. The number of carbonyl (C=O) groups is 3. The number of amides is 1. The van der Waals surface area contributed by atoms with Gasteiger partial charge in [0.25, 0.3) is 5.91 Å². The third-order valence-corrected chi connectivity index (χ3v) is 4.08. The van der Waals surface area contributed by atoms with Crippen molar-refractivity contribution >= 4 is 29.4 Å². The van der Waals surface area contributed by atoms with Gasteiger partial charge in [-0.25, -0.2) is 9.59 Å². The molecule has 0 radical (unpaired) electrons. The Hall–Kier alpha value is -3.06. The van der Waals surface area contributed by atoms with Crippen LogP contribution >= 0.6 is 11.6 Å². The lowest BCUT2D eigenvalue weighted by Gasteiger charge is -2.15. The highest BCUT2D eigenvalue weighted by molar-refractivity contribution is 6.30. The Morgan fingerprint density at radius 3 is 2.14 bits per heavy atom. The van der Waals surface area contributed by atoms with Crippen LogP contribution in [0.2, 0.25) is 5.02 Å². The topological polar surface area (TPSA) is 90.9 Å². The summed E-state index contributed by atoms with van der Waals surface area (Å²) in [6.07, 6.45) is 0. The van der Waals surface area contributed by atoms with Crippen LogP contribution in [-0.2, 0) is 14.3 Å². The lowest BCUT2D eigenvalue weighted by molar-refractivity contribution is -0.123. The van der Waals surface area contributed by atoms with Crippen LogP contribution in [0.25, 0.3) is 0 Å². The minimum atomic E-state index is -0.644. The normalized spacial score (nSPS) is 11.3. The number of methoxy groups -OCH3 is 2. The fraction of sp³-hybridized carbons (Fsp3) is 0.250. The van der Waals surface area contributed by atoms with Crippen molar-refractivity contribution in [2.24, 2.45) is 0 Å². The predicted molar refractivity (Wildman–Crippen MR) is 103 cm³/mol. The number of benzene rings is 2. The van der Waals surface area contributed by atoms with Crippen LogP contribution in [0, 0.1) is 0 Å². The second-order valence-electron chi connectivity index (χ2n) is 5.86. The van der Waals surface area contributed by atoms with Gasteiger partial charge in [0, 0.05) is 5.02 Å². The fourth-order valence-electron chi connectivity index (χ4n) is 2.45. The molecule has 0 spiro atoms. The van der Waals surface area contributed by atoms with E-state index in [1.165, 1.54) is 32.4 Å². The molecule has 0 fully saturated rings. The molecule has 0 aliphatic heterocycles. The SMILES string of the molecule is COC(=O)c1cc(OCC(=O)N[C@@H](C)c2cccc(Cl)c2)cc(C(=O)OC)c1. The molecule has 1 N–H and O–H groups in total. The monoisotopic (exact) mass is 405 g/mol. The molecule has 2 aromatic carbocycles. The molecule has 0 bridgehead atoms. The second kappa shape index (κ2) is 9.75. The van der Waals surface area contributed by atoms with Crippen LogP contribution in [0.1, 0.15) is 39.2 Å². The molecular formula is C20H20ClNO6. The van der Waals surface area contributed by atoms with E-state index in [1.807, 2.05) is 13.0 Å². The second-order valence-corrected chi connectivity index (χ2v) is 6.30. The molecular weight excluding hydrogens is 386 g/mol. The van der Waals surface area contributed by atoms with E-state index in [-0.39, 0.29) is 35.4 Å². The van der Waals surface area contributed by atoms with Crippen molar-refractivity contribution in [1.29, 1.82) is 0 Å². The van der Waals surface area contributed by atoms with Gasteiger partial charge in [-0.1, -0.05) is 23.7 Å². The average molecular weight is 406 g/mol. The third kappa shape index (κ3) is 5.72. The Morgan fingerprint density at radius 2 is 1.61 bits per heavy atom. The van der Waals surface area contributed by atoms with Crippen molar-refractivity contribution in [2.45, 2.75) is 13.0 Å². The van der Waals surface area contributed by atoms with E-state index in [1.54, 1.807) is 18.2 Å². The first-order chi connectivity index (χ1) is 13.3. The summed E-state index contributed by atoms with van der Waals surface area (Å²) < 4.78 is 14.8. The number of carbonyl (C=O) groups excluding carboxylic acids is 3. The molecule has 2 aromatic rings. The van der Waals surface area contributed by atoms with Crippen molar-refractivity contribution in [3.05, 3.63) is 64.2 Å². The first-order valence-electron chi connectivity index (χ1n) is 8.33. The quantitative estimate of drug-likeness (QED) is 0.711. The summed E-state index contributed by atoms with van der Waals surface area (Å²) >= 11 is 5.96. The van der Waals surface area contributed by atoms with E-state index in [0.29, 0.717) is 5.02 Å². The number of rotatable bonds is 7. The van der Waals surface area contributed by atoms with Crippen LogP contribution in [0.15, 0.2) is 42.5 Å². The number of hydrogen-bond acceptors (Lipinski definition) is 6. The van der Waals surface area contributed by atoms with Crippen molar-refractivity contribution in [3.8, 4) is 5.75 Å². The molecule has 148 valence electrons. The zero-order valence-electron chi connectivity index (χ0n) is 15.7. The Bertz CT molecular complexity index is 848. The van der Waals surface area contributed by atoms with Gasteiger partial charge >= 0.3 is 11.9 Å². The van der Waals surface area contributed by atoms with Crippen LogP contribution in [0.5, 0.6) is 5.75 Å². The summed E-state index contributed by atoms with van der Waals surface area (Å²) in [5.74, 6) is -1.51. The van der Waals surface area contributed by atoms with E-state index in [9.17, 15) is 14.4 Å². The van der Waals surface area contributed by atoms with Crippen molar-refractivity contribution < 1.29 is 28.6 Å². The first kappa shape index (κ1) is 21.2. The third-order valence-electron chi connectivity index (χ3n) is 3.84. The van der Waals surface area contributed by atoms with E-state index in [0.717, 1.165) is 5.56 Å². The molecule has 0 heterocycles. The number of hydrogen-bond donors (Lipinski definition) is 1. The molecule has 28 heavy (non-hydrogen) atoms. The lowest BCUT2D eigenvalue weighted by atomic mass is 10.1. The first-order valence-corrected chi connectivity index (χ1v) is 8.71. The van der Waals surface area contributed by atoms with E-state index in [2.05, 4.69) is 14.8 Å². The standard InChI is InChI=1S/C20H20ClNO6/c1-12(13-5-4-6-16(21)8-13)22-18(23)11-28-17-9-14(19(24)26-2)7-15(10-17)20(25)27-3/h4-10,12H,11H2,1-3H3,(H,22,23)/t12-/m0/s1. The smallest absolute Gasteiger partial charge is 0.338 e. The summed E-state index contributed by atoms with van der Waals surface area (Å²) in [7, 11) is 2.44. The maximum Gasteiger partial charge on any atom is 0.338 e. The van der Waals surface area contributed by atoms with Gasteiger partial charge in [0.15, 0.2) is 6.61 Å². The molecule has 0 aromatic heterocycles. The molecule has 0 aliphatic carbocycles. The van der Waals surface area contributed by atoms with Crippen molar-refractivity contribution in [1.82, 2.24) is 5.32 Å². The summed E-state index contributed by atoms with van der Waals surface area (Å²) in [4.78, 5) is 35.7. The van der Waals surface area contributed by atoms with Crippen molar-refractivity contribution in [2.75, 3.05) is 20.8 Å². The fourth-order valence-corrected chi connectivity index (χ4v) is 2.64. The number of nitrogens with one attached hydrogen (secondary N) is 1. The van der Waals surface area contributed by atoms with Crippen LogP contribution in [0.3, 0.4) is 0 Å². The van der Waals surface area contributed by atoms with Gasteiger partial charge in [-0.2, -0.15) is 0 Å². The Kier molecular flexibility index (Phi) is 7.40. The molecule has 2 rings (SSSR count). The van der Waals surface area contributed by atoms with Crippen LogP contribution in [0.4, 0.5) is 0 Å². The molecule has 8 heteroatoms. The Morgan fingerprint density at radius 1 is 1.00 bits per heavy atom. The summed E-state index contributed by atoms with van der Waals surface area (Å²) in [5, 5.41) is 3.36. The minimum Gasteiger partial charge on any atom is -0.484 e. The lowest BCUT2D eigenvalue weighted by Crippen LogP contribution is -2.31. The van der Waals surface area contributed by atoms with E-state index in [4.69, 9.17) is 16.3 Å². The summed E-state index contributed by atoms with van der Waals surface area (Å²) in [5.41, 5.74) is 1.06. The summed E-state index contributed by atoms with van der Waals surface area (Å²) in [6, 6.07) is 11.0. The number of halogens is 1. The van der Waals surface area contributed by atoms with Gasteiger partial charge in [0.2, 0.25) is 0 Å². The van der Waals surface area contributed by atoms with Gasteiger partial charge in [-0.05, 0) is 42.8 Å². The average Bonchev–Trinajstić information content (AvgIpc) is 2.70. The highest BCUT2D eigenvalue weighted by atomic mass is 35.5. The van der Waals surface area contributed by atoms with E-state index >= 15 is 0 Å². The predicted octanol–water partition coefficient (Wildman–Crippen LogP) is 3.17. The Balaban J connectivity index is 2.07. The maximum absolute atomic E-state index is 12.2. The molecule has 1 amide bonds. The molecule has 0 unspecified atom stereocenters. The van der Waals surface area contributed by atoms with Crippen LogP contribution < -0.4 is 10.1 Å². The molecule has 7 nitrogen and oxygen atoms in total. The van der Waals surface area contributed by atoms with Gasteiger partial charge in [0.05, 0.1) is 31.4 Å². The highest BCUT2D eigenvalue weighted by Gasteiger charge is 2.16. The van der Waals surface area contributed by atoms with Gasteiger partial charge < -0.3 is 19.5 Å². The van der Waals surface area contributed by atoms with Crippen molar-refractivity contribution in [3.63, 3.8) is 0 Å². The minimum absolute atomic E-state index is 0.105. The van der Waals surface area contributed by atoms with E-state index < -0.39 is 11.9 Å². The number of esters is 2. The maximum atomic E-state index is 12.2. The zero-order chi connectivity index (χ0) is 20.7. The van der Waals surface area contributed by atoms with Gasteiger partial charge in [-0.15, -0.1) is 0 Å². The summed E-state index contributed by atoms with van der Waals surface area (Å²) in [6.45, 7) is 1.51.